The van der Waals surface area contributed by atoms with Gasteiger partial charge in [0.2, 0.25) is 20.0 Å². The van der Waals surface area contributed by atoms with E-state index in [-0.39, 0.29) is 28.6 Å². The van der Waals surface area contributed by atoms with Crippen molar-refractivity contribution in [1.29, 1.82) is 0 Å². The fourth-order valence-electron chi connectivity index (χ4n) is 2.77. The van der Waals surface area contributed by atoms with Crippen LogP contribution in [0.4, 0.5) is 0 Å². The summed E-state index contributed by atoms with van der Waals surface area (Å²) in [6.45, 7) is 9.88. The Labute approximate surface area is 174 Å². The van der Waals surface area contributed by atoms with Crippen LogP contribution < -0.4 is 9.44 Å². The molecule has 0 amide bonds. The zero-order valence-electron chi connectivity index (χ0n) is 17.6. The van der Waals surface area contributed by atoms with E-state index in [9.17, 15) is 16.8 Å². The second kappa shape index (κ2) is 8.95. The maximum Gasteiger partial charge on any atom is 0.240 e. The van der Waals surface area contributed by atoms with Gasteiger partial charge in [-0.3, -0.25) is 0 Å². The number of rotatable bonds is 8. The summed E-state index contributed by atoms with van der Waals surface area (Å²) in [6.07, 6.45) is 0. The number of hydrogen-bond acceptors (Lipinski definition) is 4. The molecule has 0 aliphatic rings. The molecule has 0 radical (unpaired) electrons. The maximum absolute atomic E-state index is 12.5. The molecule has 2 N–H and O–H groups in total. The van der Waals surface area contributed by atoms with Crippen LogP contribution in [0, 0.1) is 0 Å². The van der Waals surface area contributed by atoms with Crippen LogP contribution in [0.1, 0.15) is 51.3 Å². The molecule has 0 aromatic heterocycles. The van der Waals surface area contributed by atoms with Gasteiger partial charge in [-0.15, -0.1) is 0 Å². The summed E-state index contributed by atoms with van der Waals surface area (Å²) in [5.74, 6) is -0.114. The molecular weight excluding hydrogens is 408 g/mol. The summed E-state index contributed by atoms with van der Waals surface area (Å²) in [7, 11) is -7.02. The van der Waals surface area contributed by atoms with E-state index in [0.29, 0.717) is 5.56 Å². The third-order valence-corrected chi connectivity index (χ3v) is 7.25. The Balaban J connectivity index is 2.02. The molecule has 29 heavy (non-hydrogen) atoms. The topological polar surface area (TPSA) is 92.3 Å². The van der Waals surface area contributed by atoms with Gasteiger partial charge in [-0.2, -0.15) is 0 Å². The molecule has 0 bridgehead atoms. The van der Waals surface area contributed by atoms with Gasteiger partial charge < -0.3 is 0 Å². The van der Waals surface area contributed by atoms with Crippen molar-refractivity contribution in [2.75, 3.05) is 0 Å². The van der Waals surface area contributed by atoms with Crippen LogP contribution in [0.25, 0.3) is 0 Å². The minimum atomic E-state index is -3.63. The van der Waals surface area contributed by atoms with Crippen molar-refractivity contribution in [1.82, 2.24) is 9.44 Å². The van der Waals surface area contributed by atoms with E-state index in [1.807, 2.05) is 12.1 Å². The Morgan fingerprint density at radius 1 is 0.828 bits per heavy atom. The first-order chi connectivity index (χ1) is 13.3. The van der Waals surface area contributed by atoms with E-state index < -0.39 is 20.0 Å². The quantitative estimate of drug-likeness (QED) is 0.661. The van der Waals surface area contributed by atoms with Crippen molar-refractivity contribution in [3.8, 4) is 0 Å². The zero-order valence-corrected chi connectivity index (χ0v) is 19.2. The van der Waals surface area contributed by atoms with E-state index in [1.165, 1.54) is 0 Å². The summed E-state index contributed by atoms with van der Waals surface area (Å²) < 4.78 is 54.2. The molecule has 0 aliphatic heterocycles. The first-order valence-electron chi connectivity index (χ1n) is 9.46. The second-order valence-electron chi connectivity index (χ2n) is 8.45. The maximum atomic E-state index is 12.5. The monoisotopic (exact) mass is 438 g/mol. The van der Waals surface area contributed by atoms with Gasteiger partial charge >= 0.3 is 0 Å². The molecule has 2 rings (SSSR count). The number of sulfonamides is 2. The molecule has 8 heteroatoms. The smallest absolute Gasteiger partial charge is 0.212 e. The first-order valence-corrected chi connectivity index (χ1v) is 12.6. The Morgan fingerprint density at radius 3 is 1.83 bits per heavy atom. The summed E-state index contributed by atoms with van der Waals surface area (Å²) >= 11 is 0. The number of nitrogens with one attached hydrogen (secondary N) is 2. The molecule has 2 aromatic rings. The average Bonchev–Trinajstić information content (AvgIpc) is 2.59. The Hall–Kier alpha value is -1.74. The second-order valence-corrected chi connectivity index (χ2v) is 12.0. The van der Waals surface area contributed by atoms with Gasteiger partial charge in [-0.1, -0.05) is 57.2 Å². The lowest BCUT2D eigenvalue weighted by molar-refractivity contribution is 0.569. The Morgan fingerprint density at radius 2 is 1.34 bits per heavy atom. The predicted molar refractivity (Wildman–Crippen MR) is 117 cm³/mol. The number of benzene rings is 2. The highest BCUT2D eigenvalue weighted by atomic mass is 32.2. The lowest BCUT2D eigenvalue weighted by Gasteiger charge is -2.19. The third-order valence-electron chi connectivity index (χ3n) is 4.29. The van der Waals surface area contributed by atoms with Crippen LogP contribution in [0.3, 0.4) is 0 Å². The average molecular weight is 439 g/mol. The Kier molecular flexibility index (Phi) is 7.27. The van der Waals surface area contributed by atoms with Crippen LogP contribution in [0.2, 0.25) is 0 Å². The van der Waals surface area contributed by atoms with Gasteiger partial charge in [0.05, 0.1) is 10.6 Å². The summed E-state index contributed by atoms with van der Waals surface area (Å²) in [5, 5.41) is 0. The van der Waals surface area contributed by atoms with Crippen molar-refractivity contribution < 1.29 is 16.8 Å². The normalized spacial score (nSPS) is 13.0. The summed E-state index contributed by atoms with van der Waals surface area (Å²) in [5.41, 5.74) is 2.41. The molecule has 160 valence electrons. The van der Waals surface area contributed by atoms with E-state index in [2.05, 4.69) is 30.2 Å². The first kappa shape index (κ1) is 23.5. The minimum Gasteiger partial charge on any atom is -0.212 e. The molecule has 0 saturated heterocycles. The van der Waals surface area contributed by atoms with Crippen LogP contribution in [0.5, 0.6) is 0 Å². The molecule has 0 aliphatic carbocycles. The van der Waals surface area contributed by atoms with E-state index in [1.54, 1.807) is 50.2 Å². The number of hydrogen-bond donors (Lipinski definition) is 2. The van der Waals surface area contributed by atoms with Gasteiger partial charge in [-0.25, -0.2) is 26.3 Å². The lowest BCUT2D eigenvalue weighted by atomic mass is 9.87. The van der Waals surface area contributed by atoms with E-state index in [0.717, 1.165) is 11.1 Å². The lowest BCUT2D eigenvalue weighted by Crippen LogP contribution is -2.31. The molecule has 0 saturated carbocycles. The molecule has 0 unspecified atom stereocenters. The molecule has 0 fully saturated rings. The fraction of sp³-hybridized carbons (Fsp3) is 0.429. The SMILES string of the molecule is CC(C)NS(=O)(=O)Cc1ccc(CNS(=O)(=O)c2ccc(C(C)(C)C)cc2)cc1. The molecule has 2 aromatic carbocycles. The van der Waals surface area contributed by atoms with Crippen LogP contribution in [-0.4, -0.2) is 22.9 Å². The summed E-state index contributed by atoms with van der Waals surface area (Å²) in [6, 6.07) is 13.6. The molecule has 0 heterocycles. The molecule has 0 atom stereocenters. The van der Waals surface area contributed by atoms with Gasteiger partial charge in [0.25, 0.3) is 0 Å². The van der Waals surface area contributed by atoms with Crippen molar-refractivity contribution in [3.05, 3.63) is 65.2 Å². The van der Waals surface area contributed by atoms with E-state index >= 15 is 0 Å². The van der Waals surface area contributed by atoms with Crippen molar-refractivity contribution in [2.45, 2.75) is 63.3 Å². The summed E-state index contributed by atoms with van der Waals surface area (Å²) in [4.78, 5) is 0.216. The standard InChI is InChI=1S/C21H30N2O4S2/c1-16(2)23-28(24,25)15-18-8-6-17(7-9-18)14-22-29(26,27)20-12-10-19(11-13-20)21(3,4)5/h6-13,16,22-23H,14-15H2,1-5H3. The Bertz CT molecular complexity index is 1020. The van der Waals surface area contributed by atoms with Crippen molar-refractivity contribution >= 4 is 20.0 Å². The highest BCUT2D eigenvalue weighted by Gasteiger charge is 2.18. The van der Waals surface area contributed by atoms with E-state index in [4.69, 9.17) is 0 Å². The van der Waals surface area contributed by atoms with Gasteiger partial charge in [0.1, 0.15) is 0 Å². The van der Waals surface area contributed by atoms with Crippen LogP contribution in [-0.2, 0) is 37.8 Å². The third kappa shape index (κ3) is 7.22. The minimum absolute atomic E-state index is 0.0460. The molecular formula is C21H30N2O4S2. The van der Waals surface area contributed by atoms with Gasteiger partial charge in [0.15, 0.2) is 0 Å². The molecule has 6 nitrogen and oxygen atoms in total. The predicted octanol–water partition coefficient (Wildman–Crippen LogP) is 3.29. The highest BCUT2D eigenvalue weighted by Crippen LogP contribution is 2.23. The molecule has 0 spiro atoms. The fourth-order valence-corrected chi connectivity index (χ4v) is 5.22. The van der Waals surface area contributed by atoms with Crippen LogP contribution in [0.15, 0.2) is 53.4 Å². The largest absolute Gasteiger partial charge is 0.240 e. The van der Waals surface area contributed by atoms with Gasteiger partial charge in [0, 0.05) is 12.6 Å². The van der Waals surface area contributed by atoms with Crippen LogP contribution >= 0.6 is 0 Å². The van der Waals surface area contributed by atoms with Crippen molar-refractivity contribution in [2.24, 2.45) is 0 Å². The highest BCUT2D eigenvalue weighted by molar-refractivity contribution is 7.89. The van der Waals surface area contributed by atoms with Gasteiger partial charge in [-0.05, 0) is 48.1 Å². The zero-order chi connectivity index (χ0) is 21.9. The van der Waals surface area contributed by atoms with Crippen molar-refractivity contribution in [3.63, 3.8) is 0 Å².